The second-order valence-electron chi connectivity index (χ2n) is 9.41. The number of alkyl halides is 3. The van der Waals surface area contributed by atoms with Gasteiger partial charge in [0.05, 0.1) is 0 Å². The zero-order valence-corrected chi connectivity index (χ0v) is 21.4. The van der Waals surface area contributed by atoms with Gasteiger partial charge in [-0.05, 0) is 93.6 Å². The van der Waals surface area contributed by atoms with Gasteiger partial charge in [-0.25, -0.2) is 0 Å². The molecule has 0 aliphatic heterocycles. The Morgan fingerprint density at radius 2 is 0.737 bits per heavy atom. The summed E-state index contributed by atoms with van der Waals surface area (Å²) in [5.41, 5.74) is -0.00917. The van der Waals surface area contributed by atoms with Gasteiger partial charge >= 0.3 is 6.18 Å². The zero-order chi connectivity index (χ0) is 27.2. The molecule has 0 aliphatic rings. The first kappa shape index (κ1) is 26.9. The fourth-order valence-corrected chi connectivity index (χ4v) is 3.38. The van der Waals surface area contributed by atoms with E-state index in [-0.39, 0.29) is 0 Å². The van der Waals surface area contributed by atoms with E-state index in [1.54, 1.807) is 48.5 Å². The van der Waals surface area contributed by atoms with Crippen LogP contribution >= 0.6 is 0 Å². The predicted octanol–water partition coefficient (Wildman–Crippen LogP) is 8.91. The van der Waals surface area contributed by atoms with Crippen molar-refractivity contribution >= 4 is 0 Å². The highest BCUT2D eigenvalue weighted by molar-refractivity contribution is 5.37. The van der Waals surface area contributed by atoms with Gasteiger partial charge in [-0.1, -0.05) is 35.4 Å². The van der Waals surface area contributed by atoms with Gasteiger partial charge in [0.25, 0.3) is 0 Å². The molecule has 0 radical (unpaired) electrons. The average Bonchev–Trinajstić information content (AvgIpc) is 2.90. The summed E-state index contributed by atoms with van der Waals surface area (Å²) in [6.07, 6.45) is -4.55. The van der Waals surface area contributed by atoms with Crippen molar-refractivity contribution in [1.29, 1.82) is 0 Å². The number of hydrogen-bond acceptors (Lipinski definition) is 4. The third-order valence-corrected chi connectivity index (χ3v) is 5.96. The molecule has 0 atom stereocenters. The van der Waals surface area contributed by atoms with E-state index in [1.165, 1.54) is 0 Å². The van der Waals surface area contributed by atoms with Crippen LogP contribution < -0.4 is 18.9 Å². The van der Waals surface area contributed by atoms with Crippen LogP contribution in [0, 0.1) is 19.3 Å². The van der Waals surface area contributed by atoms with Crippen molar-refractivity contribution in [1.82, 2.24) is 0 Å². The van der Waals surface area contributed by atoms with Crippen LogP contribution in [0.5, 0.6) is 34.5 Å². The minimum absolute atomic E-state index is 0.300. The van der Waals surface area contributed by atoms with Gasteiger partial charge in [-0.15, -0.1) is 0 Å². The summed E-state index contributed by atoms with van der Waals surface area (Å²) in [5.74, 6) is 3.04. The molecule has 4 aromatic carbocycles. The molecule has 7 heteroatoms. The van der Waals surface area contributed by atoms with Crippen LogP contribution in [0.15, 0.2) is 97.1 Å². The van der Waals surface area contributed by atoms with Crippen molar-refractivity contribution in [2.24, 2.45) is 5.41 Å². The van der Waals surface area contributed by atoms with E-state index in [4.69, 9.17) is 18.9 Å². The minimum Gasteiger partial charge on any atom is -0.493 e. The first-order valence-corrected chi connectivity index (χ1v) is 12.1. The number of benzene rings is 4. The highest BCUT2D eigenvalue weighted by atomic mass is 19.4. The van der Waals surface area contributed by atoms with Crippen molar-refractivity contribution in [3.05, 3.63) is 108 Å². The lowest BCUT2D eigenvalue weighted by Crippen LogP contribution is -2.45. The molecule has 0 heterocycles. The molecular formula is C31H29F3O4. The summed E-state index contributed by atoms with van der Waals surface area (Å²) >= 11 is 0. The van der Waals surface area contributed by atoms with E-state index in [1.807, 2.05) is 62.4 Å². The monoisotopic (exact) mass is 522 g/mol. The number of aryl methyl sites for hydroxylation is 2. The van der Waals surface area contributed by atoms with Crippen LogP contribution in [0.25, 0.3) is 0 Å². The van der Waals surface area contributed by atoms with Gasteiger partial charge in [0, 0.05) is 0 Å². The van der Waals surface area contributed by atoms with E-state index >= 15 is 0 Å². The number of halogens is 3. The molecule has 0 fully saturated rings. The van der Waals surface area contributed by atoms with Crippen LogP contribution in [0.2, 0.25) is 0 Å². The first-order valence-electron chi connectivity index (χ1n) is 12.1. The molecule has 0 spiro atoms. The van der Waals surface area contributed by atoms with Crippen LogP contribution in [-0.4, -0.2) is 19.4 Å². The molecule has 0 amide bonds. The maximum absolute atomic E-state index is 14.0. The minimum atomic E-state index is -4.55. The summed E-state index contributed by atoms with van der Waals surface area (Å²) in [6, 6.07) is 28.0. The van der Waals surface area contributed by atoms with Crippen LogP contribution in [0.4, 0.5) is 13.2 Å². The van der Waals surface area contributed by atoms with Gasteiger partial charge in [-0.3, -0.25) is 0 Å². The Bertz CT molecular complexity index is 1200. The van der Waals surface area contributed by atoms with E-state index in [9.17, 15) is 13.2 Å². The first-order chi connectivity index (χ1) is 18.1. The normalized spacial score (nSPS) is 11.6. The molecule has 0 saturated carbocycles. The van der Waals surface area contributed by atoms with Crippen molar-refractivity contribution < 1.29 is 32.1 Å². The maximum Gasteiger partial charge on any atom is 0.400 e. The largest absolute Gasteiger partial charge is 0.493 e. The Morgan fingerprint density at radius 3 is 1.03 bits per heavy atom. The van der Waals surface area contributed by atoms with Gasteiger partial charge in [-0.2, -0.15) is 13.2 Å². The second-order valence-corrected chi connectivity index (χ2v) is 9.41. The molecule has 4 nitrogen and oxygen atoms in total. The lowest BCUT2D eigenvalue weighted by molar-refractivity contribution is -0.234. The molecule has 38 heavy (non-hydrogen) atoms. The summed E-state index contributed by atoms with van der Waals surface area (Å²) in [4.78, 5) is 0. The molecule has 0 aromatic heterocycles. The lowest BCUT2D eigenvalue weighted by Gasteiger charge is -2.31. The molecule has 0 N–H and O–H groups in total. The Hall–Kier alpha value is -4.13. The summed E-state index contributed by atoms with van der Waals surface area (Å²) < 4.78 is 64.5. The summed E-state index contributed by atoms with van der Waals surface area (Å²) in [5, 5.41) is 0. The zero-order valence-electron chi connectivity index (χ0n) is 21.4. The van der Waals surface area contributed by atoms with Crippen molar-refractivity contribution in [2.75, 3.05) is 13.2 Å². The van der Waals surface area contributed by atoms with E-state index in [2.05, 4.69) is 0 Å². The highest BCUT2D eigenvalue weighted by Crippen LogP contribution is 2.39. The molecule has 0 bridgehead atoms. The molecular weight excluding hydrogens is 493 g/mol. The quantitative estimate of drug-likeness (QED) is 0.208. The van der Waals surface area contributed by atoms with Crippen LogP contribution in [0.3, 0.4) is 0 Å². The average molecular weight is 523 g/mol. The maximum atomic E-state index is 14.0. The standard InChI is InChI=1S/C31H29F3O4/c1-22-4-8-26(9-5-22)37-28-16-12-24(13-17-28)35-20-30(3,31(32,33)34)21-36-25-14-18-29(19-15-25)38-27-10-6-23(2)7-11-27/h4-19H,20-21H2,1-3H3. The van der Waals surface area contributed by atoms with E-state index in [0.717, 1.165) is 18.1 Å². The summed E-state index contributed by atoms with van der Waals surface area (Å²) in [6.45, 7) is 3.82. The van der Waals surface area contributed by atoms with Crippen molar-refractivity contribution in [3.8, 4) is 34.5 Å². The van der Waals surface area contributed by atoms with Crippen LogP contribution in [0.1, 0.15) is 18.1 Å². The Balaban J connectivity index is 1.33. The predicted molar refractivity (Wildman–Crippen MR) is 141 cm³/mol. The van der Waals surface area contributed by atoms with E-state index < -0.39 is 24.8 Å². The Morgan fingerprint density at radius 1 is 0.474 bits per heavy atom. The highest BCUT2D eigenvalue weighted by Gasteiger charge is 2.52. The second kappa shape index (κ2) is 11.5. The Labute approximate surface area is 220 Å². The van der Waals surface area contributed by atoms with Crippen molar-refractivity contribution in [2.45, 2.75) is 26.9 Å². The third kappa shape index (κ3) is 7.22. The van der Waals surface area contributed by atoms with Gasteiger partial charge < -0.3 is 18.9 Å². The van der Waals surface area contributed by atoms with Gasteiger partial charge in [0.2, 0.25) is 0 Å². The van der Waals surface area contributed by atoms with Crippen LogP contribution in [-0.2, 0) is 0 Å². The van der Waals surface area contributed by atoms with Gasteiger partial charge in [0.1, 0.15) is 53.1 Å². The number of hydrogen-bond donors (Lipinski definition) is 0. The molecule has 198 valence electrons. The third-order valence-electron chi connectivity index (χ3n) is 5.96. The van der Waals surface area contributed by atoms with Gasteiger partial charge in [0.15, 0.2) is 0 Å². The molecule has 4 rings (SSSR count). The fraction of sp³-hybridized carbons (Fsp3) is 0.226. The summed E-state index contributed by atoms with van der Waals surface area (Å²) in [7, 11) is 0. The van der Waals surface area contributed by atoms with E-state index in [0.29, 0.717) is 34.5 Å². The number of rotatable bonds is 10. The van der Waals surface area contributed by atoms with Crippen molar-refractivity contribution in [3.63, 3.8) is 0 Å². The number of ether oxygens (including phenoxy) is 4. The SMILES string of the molecule is Cc1ccc(Oc2ccc(OCC(C)(COc3ccc(Oc4ccc(C)cc4)cc3)C(F)(F)F)cc2)cc1. The topological polar surface area (TPSA) is 36.9 Å². The molecule has 0 saturated heterocycles. The molecule has 4 aromatic rings. The molecule has 0 aliphatic carbocycles. The Kier molecular flexibility index (Phi) is 8.15. The smallest absolute Gasteiger partial charge is 0.400 e. The fourth-order valence-electron chi connectivity index (χ4n) is 3.38. The lowest BCUT2D eigenvalue weighted by atomic mass is 9.92. The molecule has 0 unspecified atom stereocenters.